The van der Waals surface area contributed by atoms with Crippen LogP contribution in [-0.4, -0.2) is 47.6 Å². The van der Waals surface area contributed by atoms with Gasteiger partial charge in [-0.3, -0.25) is 9.69 Å². The summed E-state index contributed by atoms with van der Waals surface area (Å²) >= 11 is 0. The molecule has 40 heavy (non-hydrogen) atoms. The average Bonchev–Trinajstić information content (AvgIpc) is 3.31. The van der Waals surface area contributed by atoms with E-state index in [-0.39, 0.29) is 11.9 Å². The molecule has 0 atom stereocenters. The van der Waals surface area contributed by atoms with Gasteiger partial charge in [0.2, 0.25) is 5.91 Å². The summed E-state index contributed by atoms with van der Waals surface area (Å²) in [6.07, 6.45) is 9.63. The molecule has 1 saturated heterocycles. The molecular formula is C34H37N3O3. The van der Waals surface area contributed by atoms with Gasteiger partial charge < -0.3 is 19.8 Å². The van der Waals surface area contributed by atoms with Gasteiger partial charge in [-0.05, 0) is 87.2 Å². The summed E-state index contributed by atoms with van der Waals surface area (Å²) in [6.45, 7) is 9.17. The quantitative estimate of drug-likeness (QED) is 0.273. The lowest BCUT2D eigenvalue weighted by Gasteiger charge is -2.32. The van der Waals surface area contributed by atoms with E-state index in [2.05, 4.69) is 64.6 Å². The van der Waals surface area contributed by atoms with Crippen molar-refractivity contribution in [1.82, 2.24) is 15.2 Å². The van der Waals surface area contributed by atoms with E-state index in [4.69, 9.17) is 9.47 Å². The molecule has 0 unspecified atom stereocenters. The van der Waals surface area contributed by atoms with Gasteiger partial charge in [0.05, 0.1) is 12.6 Å². The van der Waals surface area contributed by atoms with Crippen LogP contribution in [0.3, 0.4) is 0 Å². The molecule has 0 saturated carbocycles. The Labute approximate surface area is 235 Å². The normalized spacial score (nSPS) is 17.3. The molecule has 1 aromatic heterocycles. The lowest BCUT2D eigenvalue weighted by atomic mass is 9.96. The third kappa shape index (κ3) is 5.24. The van der Waals surface area contributed by atoms with Crippen LogP contribution in [0, 0.1) is 6.92 Å². The highest BCUT2D eigenvalue weighted by molar-refractivity contribution is 6.12. The molecule has 2 N–H and O–H groups in total. The highest BCUT2D eigenvalue weighted by Crippen LogP contribution is 2.42. The van der Waals surface area contributed by atoms with Gasteiger partial charge >= 0.3 is 0 Å². The van der Waals surface area contributed by atoms with Crippen molar-refractivity contribution < 1.29 is 14.3 Å². The minimum absolute atomic E-state index is 0.0718. The Hall–Kier alpha value is -4.03. The number of aromatic nitrogens is 1. The van der Waals surface area contributed by atoms with Gasteiger partial charge in [0.1, 0.15) is 17.1 Å². The second kappa shape index (κ2) is 10.5. The first-order valence-electron chi connectivity index (χ1n) is 14.1. The van der Waals surface area contributed by atoms with Gasteiger partial charge in [-0.25, -0.2) is 0 Å². The van der Waals surface area contributed by atoms with E-state index in [9.17, 15) is 4.79 Å². The number of nitrogens with one attached hydrogen (secondary N) is 2. The molecule has 0 spiro atoms. The van der Waals surface area contributed by atoms with Crippen molar-refractivity contribution in [3.8, 4) is 11.5 Å². The van der Waals surface area contributed by atoms with Gasteiger partial charge in [-0.2, -0.15) is 0 Å². The Bertz CT molecular complexity index is 1640. The summed E-state index contributed by atoms with van der Waals surface area (Å²) < 4.78 is 11.9. The lowest BCUT2D eigenvalue weighted by molar-refractivity contribution is -0.117. The van der Waals surface area contributed by atoms with Crippen LogP contribution in [0.15, 0.2) is 60.7 Å². The number of amides is 1. The van der Waals surface area contributed by atoms with Crippen molar-refractivity contribution >= 4 is 39.9 Å². The fraction of sp³-hybridized carbons (Fsp3) is 0.324. The van der Waals surface area contributed by atoms with Crippen molar-refractivity contribution in [2.45, 2.75) is 51.8 Å². The highest BCUT2D eigenvalue weighted by atomic mass is 16.5. The largest absolute Gasteiger partial charge is 0.497 e. The summed E-state index contributed by atoms with van der Waals surface area (Å²) in [5.74, 6) is 1.52. The number of nitrogens with zero attached hydrogens (tertiary/aromatic N) is 1. The molecule has 206 valence electrons. The second-order valence-corrected chi connectivity index (χ2v) is 11.5. The summed E-state index contributed by atoms with van der Waals surface area (Å²) in [5, 5.41) is 5.38. The zero-order valence-electron chi connectivity index (χ0n) is 23.7. The van der Waals surface area contributed by atoms with Crippen molar-refractivity contribution in [2.24, 2.45) is 0 Å². The Morgan fingerprint density at radius 3 is 2.73 bits per heavy atom. The molecule has 0 aliphatic carbocycles. The van der Waals surface area contributed by atoms with E-state index in [1.807, 2.05) is 38.1 Å². The van der Waals surface area contributed by atoms with E-state index < -0.39 is 5.60 Å². The molecule has 6 nitrogen and oxygen atoms in total. The van der Waals surface area contributed by atoms with E-state index in [0.717, 1.165) is 76.9 Å². The van der Waals surface area contributed by atoms with Gasteiger partial charge in [0.25, 0.3) is 0 Å². The maximum absolute atomic E-state index is 13.0. The van der Waals surface area contributed by atoms with Gasteiger partial charge in [0.15, 0.2) is 0 Å². The first-order valence-corrected chi connectivity index (χ1v) is 14.1. The molecule has 6 heteroatoms. The van der Waals surface area contributed by atoms with Crippen LogP contribution < -0.4 is 14.8 Å². The fourth-order valence-electron chi connectivity index (χ4n) is 5.83. The van der Waals surface area contributed by atoms with E-state index >= 15 is 0 Å². The number of likely N-dealkylation sites (tertiary alicyclic amines) is 1. The fourth-order valence-corrected chi connectivity index (χ4v) is 5.83. The number of benzene rings is 3. The number of ether oxygens (including phenoxy) is 2. The van der Waals surface area contributed by atoms with Crippen LogP contribution in [0.5, 0.6) is 11.5 Å². The Morgan fingerprint density at radius 2 is 1.95 bits per heavy atom. The van der Waals surface area contributed by atoms with Gasteiger partial charge in [0, 0.05) is 59.2 Å². The molecule has 2 aliphatic rings. The number of hydrogen-bond donors (Lipinski definition) is 2. The first-order chi connectivity index (χ1) is 19.3. The molecule has 4 aromatic rings. The molecule has 6 rings (SSSR count). The summed E-state index contributed by atoms with van der Waals surface area (Å²) in [5.41, 5.74) is 6.19. The van der Waals surface area contributed by atoms with Crippen molar-refractivity contribution in [3.05, 3.63) is 82.9 Å². The van der Waals surface area contributed by atoms with Crippen LogP contribution in [0.4, 0.5) is 0 Å². The van der Waals surface area contributed by atoms with E-state index in [0.29, 0.717) is 0 Å². The minimum atomic E-state index is -0.437. The number of methoxy groups -OCH3 is 1. The molecule has 3 heterocycles. The summed E-state index contributed by atoms with van der Waals surface area (Å²) in [4.78, 5) is 19.1. The average molecular weight is 536 g/mol. The van der Waals surface area contributed by atoms with Crippen molar-refractivity contribution in [1.29, 1.82) is 0 Å². The Morgan fingerprint density at radius 1 is 1.15 bits per heavy atom. The van der Waals surface area contributed by atoms with Crippen LogP contribution in [-0.2, 0) is 11.3 Å². The van der Waals surface area contributed by atoms with Crippen LogP contribution >= 0.6 is 0 Å². The number of piperidine rings is 1. The Kier molecular flexibility index (Phi) is 6.88. The van der Waals surface area contributed by atoms with Crippen molar-refractivity contribution in [2.75, 3.05) is 20.2 Å². The van der Waals surface area contributed by atoms with Gasteiger partial charge in [-0.1, -0.05) is 24.3 Å². The summed E-state index contributed by atoms with van der Waals surface area (Å²) in [7, 11) is 1.68. The number of aryl methyl sites for hydroxylation is 1. The zero-order valence-corrected chi connectivity index (χ0v) is 23.7. The number of hydrogen-bond acceptors (Lipinski definition) is 4. The topological polar surface area (TPSA) is 66.6 Å². The molecule has 1 fully saturated rings. The maximum Gasteiger partial charge on any atom is 0.244 e. The predicted molar refractivity (Wildman–Crippen MR) is 163 cm³/mol. The number of rotatable bonds is 6. The van der Waals surface area contributed by atoms with Gasteiger partial charge in [-0.15, -0.1) is 0 Å². The molecule has 0 radical (unpaired) electrons. The van der Waals surface area contributed by atoms with Crippen LogP contribution in [0.25, 0.3) is 34.0 Å². The molecule has 1 amide bonds. The molecular weight excluding hydrogens is 498 g/mol. The SMILES string of the molecule is COc1ccc2[nH]c3c4c(c(/C=C/C(=O)NC5CCN(Cc6ccccc6C)CC5)cc3c2c1)OC(C)(C)C=C4. The van der Waals surface area contributed by atoms with Crippen LogP contribution in [0.1, 0.15) is 48.9 Å². The molecule has 3 aromatic carbocycles. The summed E-state index contributed by atoms with van der Waals surface area (Å²) in [6, 6.07) is 16.9. The number of fused-ring (bicyclic) bond motifs is 5. The molecule has 0 bridgehead atoms. The van der Waals surface area contributed by atoms with E-state index in [1.165, 1.54) is 11.1 Å². The number of aromatic amines is 1. The first kappa shape index (κ1) is 26.2. The second-order valence-electron chi connectivity index (χ2n) is 11.5. The predicted octanol–water partition coefficient (Wildman–Crippen LogP) is 6.62. The minimum Gasteiger partial charge on any atom is -0.497 e. The van der Waals surface area contributed by atoms with E-state index in [1.54, 1.807) is 13.2 Å². The maximum atomic E-state index is 13.0. The van der Waals surface area contributed by atoms with Crippen LogP contribution in [0.2, 0.25) is 0 Å². The Balaban J connectivity index is 1.20. The molecule has 2 aliphatic heterocycles. The highest BCUT2D eigenvalue weighted by Gasteiger charge is 2.27. The number of carbonyl (C=O) groups excluding carboxylic acids is 1. The lowest BCUT2D eigenvalue weighted by Crippen LogP contribution is -2.43. The third-order valence-corrected chi connectivity index (χ3v) is 8.14. The third-order valence-electron chi connectivity index (χ3n) is 8.14. The zero-order chi connectivity index (χ0) is 27.9. The monoisotopic (exact) mass is 535 g/mol. The van der Waals surface area contributed by atoms with Crippen molar-refractivity contribution in [3.63, 3.8) is 0 Å². The number of H-pyrrole nitrogens is 1. The standard InChI is InChI=1S/C34H37N3O3/c1-22-7-5-6-8-24(22)21-37-17-14-25(15-18-37)35-31(38)12-9-23-19-29-28-20-26(39-4)10-11-30(28)36-32(29)27-13-16-34(2,3)40-33(23)27/h5-13,16,19-20,25,36H,14-15,17-18,21H2,1-4H3,(H,35,38)/b12-9+. The number of carbonyl (C=O) groups is 1. The smallest absolute Gasteiger partial charge is 0.244 e.